The quantitative estimate of drug-likeness (QED) is 0.904. The summed E-state index contributed by atoms with van der Waals surface area (Å²) in [5, 5.41) is 4.48. The maximum atomic E-state index is 6.32. The van der Waals surface area contributed by atoms with Gasteiger partial charge in [-0.25, -0.2) is 0 Å². The van der Waals surface area contributed by atoms with Gasteiger partial charge in [0.25, 0.3) is 0 Å². The van der Waals surface area contributed by atoms with Crippen LogP contribution in [0.2, 0.25) is 5.02 Å². The van der Waals surface area contributed by atoms with Gasteiger partial charge in [-0.05, 0) is 37.5 Å². The van der Waals surface area contributed by atoms with E-state index in [-0.39, 0.29) is 0 Å². The molecule has 18 heavy (non-hydrogen) atoms. The second-order valence-corrected chi connectivity index (χ2v) is 5.79. The molecule has 2 nitrogen and oxygen atoms in total. The smallest absolute Gasteiger partial charge is 0.0453 e. The minimum atomic E-state index is 0.574. The van der Waals surface area contributed by atoms with E-state index < -0.39 is 0 Å². The molecule has 3 heteroatoms. The molecule has 1 heterocycles. The number of aryl methyl sites for hydroxylation is 1. The van der Waals surface area contributed by atoms with Gasteiger partial charge in [-0.2, -0.15) is 0 Å². The van der Waals surface area contributed by atoms with Crippen molar-refractivity contribution in [3.05, 3.63) is 34.3 Å². The van der Waals surface area contributed by atoms with Crippen molar-refractivity contribution in [2.24, 2.45) is 0 Å². The Bertz CT molecular complexity index is 405. The molecule has 2 rings (SSSR count). The van der Waals surface area contributed by atoms with Crippen LogP contribution in [0.5, 0.6) is 0 Å². The van der Waals surface area contributed by atoms with Gasteiger partial charge in [0.05, 0.1) is 0 Å². The molecule has 0 aliphatic carbocycles. The fourth-order valence-corrected chi connectivity index (χ4v) is 2.78. The van der Waals surface area contributed by atoms with Crippen LogP contribution in [0.25, 0.3) is 0 Å². The Morgan fingerprint density at radius 2 is 2.22 bits per heavy atom. The lowest BCUT2D eigenvalue weighted by Crippen LogP contribution is -2.54. The average molecular weight is 267 g/mol. The Morgan fingerprint density at radius 3 is 2.89 bits per heavy atom. The monoisotopic (exact) mass is 266 g/mol. The van der Waals surface area contributed by atoms with E-state index in [1.165, 1.54) is 17.5 Å². The Balaban J connectivity index is 2.07. The molecule has 0 spiro atoms. The number of halogens is 1. The average Bonchev–Trinajstić information content (AvgIpc) is 2.35. The number of nitrogens with one attached hydrogen (secondary N) is 1. The van der Waals surface area contributed by atoms with E-state index in [0.29, 0.717) is 12.1 Å². The fourth-order valence-electron chi connectivity index (χ4n) is 2.49. The Labute approximate surface area is 115 Å². The van der Waals surface area contributed by atoms with Crippen molar-refractivity contribution >= 4 is 11.6 Å². The number of benzene rings is 1. The summed E-state index contributed by atoms with van der Waals surface area (Å²) in [5.41, 5.74) is 2.47. The van der Waals surface area contributed by atoms with E-state index in [2.05, 4.69) is 49.2 Å². The lowest BCUT2D eigenvalue weighted by molar-refractivity contribution is 0.131. The van der Waals surface area contributed by atoms with Gasteiger partial charge in [0.2, 0.25) is 0 Å². The van der Waals surface area contributed by atoms with Crippen molar-refractivity contribution in [2.45, 2.75) is 45.8 Å². The van der Waals surface area contributed by atoms with Crippen LogP contribution in [-0.2, 0) is 6.54 Å². The van der Waals surface area contributed by atoms with Crippen molar-refractivity contribution < 1.29 is 0 Å². The third-order valence-corrected chi connectivity index (χ3v) is 4.21. The van der Waals surface area contributed by atoms with Crippen LogP contribution in [0, 0.1) is 6.92 Å². The standard InChI is InChI=1S/C15H23ClN2/c1-4-14-10-18(12(3)8-17-14)9-13-6-5-11(2)7-15(13)16/h5-7,12,14,17H,4,8-10H2,1-3H3. The number of nitrogens with zero attached hydrogens (tertiary/aromatic N) is 1. The molecule has 0 amide bonds. The summed E-state index contributed by atoms with van der Waals surface area (Å²) >= 11 is 6.32. The third kappa shape index (κ3) is 3.25. The van der Waals surface area contributed by atoms with E-state index in [9.17, 15) is 0 Å². The van der Waals surface area contributed by atoms with Crippen molar-refractivity contribution in [2.75, 3.05) is 13.1 Å². The van der Waals surface area contributed by atoms with Gasteiger partial charge in [0.15, 0.2) is 0 Å². The van der Waals surface area contributed by atoms with Crippen LogP contribution in [0.1, 0.15) is 31.4 Å². The van der Waals surface area contributed by atoms with Crippen molar-refractivity contribution in [1.29, 1.82) is 0 Å². The summed E-state index contributed by atoms with van der Waals surface area (Å²) in [5.74, 6) is 0. The highest BCUT2D eigenvalue weighted by atomic mass is 35.5. The van der Waals surface area contributed by atoms with Gasteiger partial charge in [0.1, 0.15) is 0 Å². The van der Waals surface area contributed by atoms with Gasteiger partial charge in [-0.3, -0.25) is 4.90 Å². The number of rotatable bonds is 3. The van der Waals surface area contributed by atoms with E-state index in [4.69, 9.17) is 11.6 Å². The maximum absolute atomic E-state index is 6.32. The first-order chi connectivity index (χ1) is 8.60. The van der Waals surface area contributed by atoms with Crippen molar-refractivity contribution in [3.63, 3.8) is 0 Å². The topological polar surface area (TPSA) is 15.3 Å². The number of hydrogen-bond acceptors (Lipinski definition) is 2. The van der Waals surface area contributed by atoms with Gasteiger partial charge in [0, 0.05) is 36.7 Å². The first-order valence-corrected chi connectivity index (χ1v) is 7.20. The molecule has 1 aliphatic rings. The largest absolute Gasteiger partial charge is 0.311 e. The Hall–Kier alpha value is -0.570. The van der Waals surface area contributed by atoms with Gasteiger partial charge >= 0.3 is 0 Å². The van der Waals surface area contributed by atoms with Crippen molar-refractivity contribution in [1.82, 2.24) is 10.2 Å². The molecule has 2 unspecified atom stereocenters. The first-order valence-electron chi connectivity index (χ1n) is 6.82. The minimum absolute atomic E-state index is 0.574. The van der Waals surface area contributed by atoms with E-state index in [1.54, 1.807) is 0 Å². The number of piperazine rings is 1. The van der Waals surface area contributed by atoms with Crippen LogP contribution in [-0.4, -0.2) is 30.1 Å². The molecule has 0 saturated carbocycles. The fraction of sp³-hybridized carbons (Fsp3) is 0.600. The van der Waals surface area contributed by atoms with Crippen LogP contribution >= 0.6 is 11.6 Å². The summed E-state index contributed by atoms with van der Waals surface area (Å²) in [4.78, 5) is 2.53. The molecule has 2 atom stereocenters. The summed E-state index contributed by atoms with van der Waals surface area (Å²) in [6, 6.07) is 7.55. The van der Waals surface area contributed by atoms with Gasteiger partial charge in [-0.15, -0.1) is 0 Å². The maximum Gasteiger partial charge on any atom is 0.0453 e. The first kappa shape index (κ1) is 13.9. The molecule has 1 aliphatic heterocycles. The molecule has 0 bridgehead atoms. The van der Waals surface area contributed by atoms with E-state index in [1.807, 2.05) is 0 Å². The molecular weight excluding hydrogens is 244 g/mol. The van der Waals surface area contributed by atoms with Gasteiger partial charge in [-0.1, -0.05) is 30.7 Å². The Morgan fingerprint density at radius 1 is 1.44 bits per heavy atom. The van der Waals surface area contributed by atoms with E-state index in [0.717, 1.165) is 24.7 Å². The normalized spacial score (nSPS) is 25.3. The molecule has 1 aromatic carbocycles. The summed E-state index contributed by atoms with van der Waals surface area (Å²) in [6.45, 7) is 9.74. The minimum Gasteiger partial charge on any atom is -0.311 e. The third-order valence-electron chi connectivity index (χ3n) is 3.85. The summed E-state index contributed by atoms with van der Waals surface area (Å²) < 4.78 is 0. The zero-order chi connectivity index (χ0) is 13.1. The highest BCUT2D eigenvalue weighted by Crippen LogP contribution is 2.21. The SMILES string of the molecule is CCC1CN(Cc2ccc(C)cc2Cl)C(C)CN1. The van der Waals surface area contributed by atoms with Gasteiger partial charge < -0.3 is 5.32 Å². The molecule has 0 aromatic heterocycles. The summed E-state index contributed by atoms with van der Waals surface area (Å²) in [7, 11) is 0. The molecule has 1 N–H and O–H groups in total. The second-order valence-electron chi connectivity index (χ2n) is 5.39. The molecule has 1 aromatic rings. The van der Waals surface area contributed by atoms with Crippen LogP contribution in [0.15, 0.2) is 18.2 Å². The van der Waals surface area contributed by atoms with Crippen LogP contribution < -0.4 is 5.32 Å². The molecule has 1 saturated heterocycles. The predicted molar refractivity (Wildman–Crippen MR) is 78.1 cm³/mol. The highest BCUT2D eigenvalue weighted by molar-refractivity contribution is 6.31. The molecule has 0 radical (unpaired) electrons. The predicted octanol–water partition coefficient (Wildman–Crippen LogP) is 3.22. The molecule has 100 valence electrons. The second kappa shape index (κ2) is 6.05. The Kier molecular flexibility index (Phi) is 4.66. The van der Waals surface area contributed by atoms with E-state index >= 15 is 0 Å². The van der Waals surface area contributed by atoms with Crippen LogP contribution in [0.4, 0.5) is 0 Å². The number of hydrogen-bond donors (Lipinski definition) is 1. The molecule has 1 fully saturated rings. The lowest BCUT2D eigenvalue weighted by atomic mass is 10.1. The van der Waals surface area contributed by atoms with Crippen LogP contribution in [0.3, 0.4) is 0 Å². The zero-order valence-electron chi connectivity index (χ0n) is 11.5. The zero-order valence-corrected chi connectivity index (χ0v) is 12.3. The lowest BCUT2D eigenvalue weighted by Gasteiger charge is -2.38. The summed E-state index contributed by atoms with van der Waals surface area (Å²) in [6.07, 6.45) is 1.19. The molecular formula is C15H23ClN2. The highest BCUT2D eigenvalue weighted by Gasteiger charge is 2.24. The van der Waals surface area contributed by atoms with Crippen molar-refractivity contribution in [3.8, 4) is 0 Å².